The molecule has 0 aliphatic heterocycles. The van der Waals surface area contributed by atoms with E-state index in [0.29, 0.717) is 11.5 Å². The van der Waals surface area contributed by atoms with E-state index < -0.39 is 0 Å². The lowest BCUT2D eigenvalue weighted by atomic mass is 9.72. The smallest absolute Gasteiger partial charge is 0.163 e. The highest BCUT2D eigenvalue weighted by Gasteiger charge is 2.34. The number of aliphatic hydroxyl groups excluding tert-OH is 1. The van der Waals surface area contributed by atoms with Gasteiger partial charge in [0.05, 0.1) is 16.7 Å². The molecule has 1 saturated carbocycles. The fraction of sp³-hybridized carbons (Fsp3) is 0.192. The zero-order valence-electron chi connectivity index (χ0n) is 17.6. The molecular weight excluding hydrogens is 398 g/mol. The highest BCUT2D eigenvalue weighted by Crippen LogP contribution is 2.40. The standard InChI is InChI=1S/C26H23N5O/c27-26(13-4-14-26)19-9-7-18(8-10-19)25-20(17-5-2-1-3-6-17)15-22-21(28-25)11-12-23-29-30-24(16-32)31(22)23/h1-3,5-12,15,32H,4,13-14,16,27H2. The highest BCUT2D eigenvalue weighted by atomic mass is 16.3. The Morgan fingerprint density at radius 3 is 2.38 bits per heavy atom. The first kappa shape index (κ1) is 19.1. The number of aromatic nitrogens is 4. The van der Waals surface area contributed by atoms with Crippen LogP contribution in [0.3, 0.4) is 0 Å². The minimum Gasteiger partial charge on any atom is -0.388 e. The van der Waals surface area contributed by atoms with Gasteiger partial charge in [-0.2, -0.15) is 0 Å². The van der Waals surface area contributed by atoms with Crippen molar-refractivity contribution >= 4 is 16.7 Å². The van der Waals surface area contributed by atoms with E-state index in [2.05, 4.69) is 52.7 Å². The summed E-state index contributed by atoms with van der Waals surface area (Å²) in [5.41, 5.74) is 14.0. The van der Waals surface area contributed by atoms with Crippen molar-refractivity contribution in [3.05, 3.63) is 84.2 Å². The molecule has 1 aliphatic rings. The first-order chi connectivity index (χ1) is 15.7. The summed E-state index contributed by atoms with van der Waals surface area (Å²) < 4.78 is 1.87. The molecule has 5 aromatic rings. The van der Waals surface area contributed by atoms with Gasteiger partial charge in [0.2, 0.25) is 0 Å². The van der Waals surface area contributed by atoms with Gasteiger partial charge in [-0.15, -0.1) is 10.2 Å². The van der Waals surface area contributed by atoms with Gasteiger partial charge in [-0.25, -0.2) is 4.98 Å². The number of fused-ring (bicyclic) bond motifs is 3. The van der Waals surface area contributed by atoms with Crippen LogP contribution >= 0.6 is 0 Å². The van der Waals surface area contributed by atoms with Crippen LogP contribution in [0.5, 0.6) is 0 Å². The third-order valence-electron chi connectivity index (χ3n) is 6.62. The summed E-state index contributed by atoms with van der Waals surface area (Å²) in [6.07, 6.45) is 3.27. The SMILES string of the molecule is NC1(c2ccc(-c3nc4ccc5nnc(CO)n5c4cc3-c3ccccc3)cc2)CCC1. The largest absolute Gasteiger partial charge is 0.388 e. The van der Waals surface area contributed by atoms with E-state index in [1.54, 1.807) is 0 Å². The minimum atomic E-state index is -0.189. The second-order valence-electron chi connectivity index (χ2n) is 8.54. The van der Waals surface area contributed by atoms with E-state index in [4.69, 9.17) is 10.7 Å². The molecule has 0 spiro atoms. The first-order valence-electron chi connectivity index (χ1n) is 10.9. The maximum atomic E-state index is 9.77. The van der Waals surface area contributed by atoms with Crippen molar-refractivity contribution in [2.24, 2.45) is 5.73 Å². The molecule has 0 unspecified atom stereocenters. The molecule has 1 aliphatic carbocycles. The Hall–Kier alpha value is -3.61. The predicted molar refractivity (Wildman–Crippen MR) is 125 cm³/mol. The summed E-state index contributed by atoms with van der Waals surface area (Å²) >= 11 is 0. The van der Waals surface area contributed by atoms with E-state index >= 15 is 0 Å². The molecule has 158 valence electrons. The quantitative estimate of drug-likeness (QED) is 0.448. The lowest BCUT2D eigenvalue weighted by molar-refractivity contribution is 0.253. The van der Waals surface area contributed by atoms with E-state index in [-0.39, 0.29) is 12.1 Å². The van der Waals surface area contributed by atoms with Crippen LogP contribution in [-0.4, -0.2) is 24.7 Å². The number of nitrogens with zero attached hydrogens (tertiary/aromatic N) is 4. The molecule has 6 rings (SSSR count). The second-order valence-corrected chi connectivity index (χ2v) is 8.54. The molecule has 1 fully saturated rings. The lowest BCUT2D eigenvalue weighted by Gasteiger charge is -2.38. The fourth-order valence-corrected chi connectivity index (χ4v) is 4.64. The maximum absolute atomic E-state index is 9.77. The second kappa shape index (κ2) is 7.22. The Labute approximate surface area is 185 Å². The summed E-state index contributed by atoms with van der Waals surface area (Å²) in [5.74, 6) is 0.497. The van der Waals surface area contributed by atoms with Crippen LogP contribution in [0.2, 0.25) is 0 Å². The number of aliphatic hydroxyl groups is 1. The highest BCUT2D eigenvalue weighted by molar-refractivity contribution is 5.91. The first-order valence-corrected chi connectivity index (χ1v) is 10.9. The fourth-order valence-electron chi connectivity index (χ4n) is 4.64. The Morgan fingerprint density at radius 1 is 0.906 bits per heavy atom. The van der Waals surface area contributed by atoms with Gasteiger partial charge in [-0.05, 0) is 48.6 Å². The Balaban J connectivity index is 1.59. The topological polar surface area (TPSA) is 89.3 Å². The average Bonchev–Trinajstić information content (AvgIpc) is 3.26. The minimum absolute atomic E-state index is 0.182. The number of pyridine rings is 2. The van der Waals surface area contributed by atoms with Gasteiger partial charge in [0.25, 0.3) is 0 Å². The van der Waals surface area contributed by atoms with Crippen LogP contribution in [0.1, 0.15) is 30.7 Å². The monoisotopic (exact) mass is 421 g/mol. The van der Waals surface area contributed by atoms with Crippen molar-refractivity contribution in [1.82, 2.24) is 19.6 Å². The average molecular weight is 422 g/mol. The van der Waals surface area contributed by atoms with E-state index in [9.17, 15) is 5.11 Å². The van der Waals surface area contributed by atoms with E-state index in [1.807, 2.05) is 34.7 Å². The molecule has 0 radical (unpaired) electrons. The zero-order valence-corrected chi connectivity index (χ0v) is 17.6. The van der Waals surface area contributed by atoms with Gasteiger partial charge in [-0.3, -0.25) is 4.40 Å². The summed E-state index contributed by atoms with van der Waals surface area (Å²) in [7, 11) is 0. The third kappa shape index (κ3) is 2.92. The molecule has 2 aromatic carbocycles. The number of nitrogens with two attached hydrogens (primary N) is 1. The van der Waals surface area contributed by atoms with Crippen molar-refractivity contribution in [2.45, 2.75) is 31.4 Å². The van der Waals surface area contributed by atoms with E-state index in [0.717, 1.165) is 46.3 Å². The number of benzene rings is 2. The maximum Gasteiger partial charge on any atom is 0.163 e. The number of hydrogen-bond donors (Lipinski definition) is 2. The summed E-state index contributed by atoms with van der Waals surface area (Å²) in [6.45, 7) is -0.189. The van der Waals surface area contributed by atoms with Crippen molar-refractivity contribution in [2.75, 3.05) is 0 Å². The number of rotatable bonds is 4. The molecule has 0 saturated heterocycles. The number of hydrogen-bond acceptors (Lipinski definition) is 5. The van der Waals surface area contributed by atoms with Crippen molar-refractivity contribution in [3.8, 4) is 22.4 Å². The Kier molecular flexibility index (Phi) is 4.31. The molecule has 0 atom stereocenters. The molecule has 32 heavy (non-hydrogen) atoms. The third-order valence-corrected chi connectivity index (χ3v) is 6.62. The molecule has 0 bridgehead atoms. The van der Waals surface area contributed by atoms with Crippen LogP contribution in [0.15, 0.2) is 72.8 Å². The molecule has 6 heteroatoms. The van der Waals surface area contributed by atoms with Crippen LogP contribution in [0.25, 0.3) is 39.1 Å². The molecule has 3 heterocycles. The summed E-state index contributed by atoms with van der Waals surface area (Å²) in [4.78, 5) is 5.06. The van der Waals surface area contributed by atoms with Gasteiger partial charge in [0.15, 0.2) is 11.5 Å². The normalized spacial score (nSPS) is 15.2. The van der Waals surface area contributed by atoms with Gasteiger partial charge in [-0.1, -0.05) is 54.6 Å². The molecule has 0 amide bonds. The molecule has 6 nitrogen and oxygen atoms in total. The molecular formula is C26H23N5O. The predicted octanol–water partition coefficient (Wildman–Crippen LogP) is 4.44. The van der Waals surface area contributed by atoms with Crippen LogP contribution in [0.4, 0.5) is 0 Å². The van der Waals surface area contributed by atoms with Gasteiger partial charge in [0, 0.05) is 16.7 Å². The van der Waals surface area contributed by atoms with E-state index in [1.165, 1.54) is 12.0 Å². The van der Waals surface area contributed by atoms with Crippen LogP contribution in [0, 0.1) is 0 Å². The zero-order chi connectivity index (χ0) is 21.7. The molecule has 3 aromatic heterocycles. The van der Waals surface area contributed by atoms with Gasteiger partial charge >= 0.3 is 0 Å². The summed E-state index contributed by atoms with van der Waals surface area (Å²) in [6, 6.07) is 24.7. The van der Waals surface area contributed by atoms with Crippen molar-refractivity contribution in [1.29, 1.82) is 0 Å². The molecule has 3 N–H and O–H groups in total. The Bertz CT molecular complexity index is 1440. The lowest BCUT2D eigenvalue weighted by Crippen LogP contribution is -2.43. The van der Waals surface area contributed by atoms with Crippen molar-refractivity contribution in [3.63, 3.8) is 0 Å². The summed E-state index contributed by atoms with van der Waals surface area (Å²) in [5, 5.41) is 18.1. The van der Waals surface area contributed by atoms with Gasteiger partial charge in [0.1, 0.15) is 6.61 Å². The Morgan fingerprint density at radius 2 is 1.69 bits per heavy atom. The van der Waals surface area contributed by atoms with Crippen LogP contribution in [-0.2, 0) is 12.1 Å². The van der Waals surface area contributed by atoms with Gasteiger partial charge < -0.3 is 10.8 Å². The van der Waals surface area contributed by atoms with Crippen LogP contribution < -0.4 is 5.73 Å². The van der Waals surface area contributed by atoms with Crippen molar-refractivity contribution < 1.29 is 5.11 Å².